The monoisotopic (exact) mass is 403 g/mol. The van der Waals surface area contributed by atoms with Gasteiger partial charge in [0.1, 0.15) is 17.4 Å². The highest BCUT2D eigenvalue weighted by atomic mass is 16.5. The topological polar surface area (TPSA) is 91.3 Å². The molecule has 0 bridgehead atoms. The van der Waals surface area contributed by atoms with Gasteiger partial charge >= 0.3 is 0 Å². The molecule has 0 aromatic heterocycles. The van der Waals surface area contributed by atoms with Crippen molar-refractivity contribution in [2.75, 3.05) is 53.0 Å². The number of phenolic OH excluding ortho intramolecular Hbond substituents is 1. The van der Waals surface area contributed by atoms with Crippen molar-refractivity contribution in [3.05, 3.63) is 29.8 Å². The third-order valence-electron chi connectivity index (χ3n) is 6.16. The largest absolute Gasteiger partial charge is 0.508 e. The molecule has 0 aliphatic carbocycles. The molecule has 3 heterocycles. The molecule has 0 radical (unpaired) electrons. The maximum absolute atomic E-state index is 12.6. The van der Waals surface area contributed by atoms with E-state index in [1.165, 1.54) is 6.07 Å². The zero-order valence-corrected chi connectivity index (χ0v) is 16.8. The number of aromatic hydroxyl groups is 1. The van der Waals surface area contributed by atoms with Gasteiger partial charge in [-0.3, -0.25) is 14.5 Å². The Kier molecular flexibility index (Phi) is 5.76. The first-order chi connectivity index (χ1) is 14.0. The van der Waals surface area contributed by atoms with E-state index in [2.05, 4.69) is 5.32 Å². The van der Waals surface area contributed by atoms with Crippen molar-refractivity contribution in [3.8, 4) is 5.75 Å². The number of carbonyl (C=O) groups is 2. The molecule has 1 aromatic rings. The Bertz CT molecular complexity index is 758. The molecule has 29 heavy (non-hydrogen) atoms. The fourth-order valence-corrected chi connectivity index (χ4v) is 4.39. The van der Waals surface area contributed by atoms with Gasteiger partial charge in [0.25, 0.3) is 5.91 Å². The number of likely N-dealkylation sites (N-methyl/N-ethyl adjacent to an activating group) is 1. The molecule has 2 amide bonds. The SMILES string of the molecule is CN1CC2(CN(C(=O)c3cccc(O)c3)C2)OC[C@@H]1C(=O)NCC1CCOCC1. The zero-order chi connectivity index (χ0) is 20.4. The third kappa shape index (κ3) is 4.39. The van der Waals surface area contributed by atoms with E-state index in [0.29, 0.717) is 44.3 Å². The van der Waals surface area contributed by atoms with Crippen molar-refractivity contribution in [3.63, 3.8) is 0 Å². The van der Waals surface area contributed by atoms with Gasteiger partial charge in [-0.25, -0.2) is 0 Å². The Morgan fingerprint density at radius 3 is 2.69 bits per heavy atom. The lowest BCUT2D eigenvalue weighted by molar-refractivity contribution is -0.187. The molecule has 3 fully saturated rings. The summed E-state index contributed by atoms with van der Waals surface area (Å²) < 4.78 is 11.4. The molecule has 8 heteroatoms. The van der Waals surface area contributed by atoms with Gasteiger partial charge in [-0.2, -0.15) is 0 Å². The van der Waals surface area contributed by atoms with E-state index >= 15 is 0 Å². The summed E-state index contributed by atoms with van der Waals surface area (Å²) >= 11 is 0. The van der Waals surface area contributed by atoms with Crippen molar-refractivity contribution in [2.45, 2.75) is 24.5 Å². The summed E-state index contributed by atoms with van der Waals surface area (Å²) in [5, 5.41) is 12.6. The summed E-state index contributed by atoms with van der Waals surface area (Å²) in [7, 11) is 1.93. The van der Waals surface area contributed by atoms with Crippen LogP contribution in [0, 0.1) is 5.92 Å². The number of benzene rings is 1. The lowest BCUT2D eigenvalue weighted by Crippen LogP contribution is -2.73. The quantitative estimate of drug-likeness (QED) is 0.759. The summed E-state index contributed by atoms with van der Waals surface area (Å²) in [6.45, 7) is 4.13. The van der Waals surface area contributed by atoms with Crippen LogP contribution in [-0.4, -0.2) is 91.4 Å². The third-order valence-corrected chi connectivity index (χ3v) is 6.16. The van der Waals surface area contributed by atoms with Crippen molar-refractivity contribution in [1.29, 1.82) is 0 Å². The number of likely N-dealkylation sites (tertiary alicyclic amines) is 1. The Morgan fingerprint density at radius 2 is 2.00 bits per heavy atom. The van der Waals surface area contributed by atoms with Crippen LogP contribution in [0.1, 0.15) is 23.2 Å². The Hall–Kier alpha value is -2.16. The van der Waals surface area contributed by atoms with Gasteiger partial charge in [0, 0.05) is 31.9 Å². The highest BCUT2D eigenvalue weighted by Gasteiger charge is 2.51. The first-order valence-corrected chi connectivity index (χ1v) is 10.2. The molecule has 8 nitrogen and oxygen atoms in total. The van der Waals surface area contributed by atoms with Gasteiger partial charge in [0.2, 0.25) is 5.91 Å². The van der Waals surface area contributed by atoms with Gasteiger partial charge in [0.15, 0.2) is 0 Å². The van der Waals surface area contributed by atoms with Gasteiger partial charge in [-0.15, -0.1) is 0 Å². The van der Waals surface area contributed by atoms with Crippen LogP contribution in [0.5, 0.6) is 5.75 Å². The summed E-state index contributed by atoms with van der Waals surface area (Å²) in [5.74, 6) is 0.446. The molecule has 1 aromatic carbocycles. The van der Waals surface area contributed by atoms with Gasteiger partial charge in [-0.1, -0.05) is 6.07 Å². The van der Waals surface area contributed by atoms with Crippen LogP contribution in [0.2, 0.25) is 0 Å². The Morgan fingerprint density at radius 1 is 1.24 bits per heavy atom. The number of rotatable bonds is 4. The van der Waals surface area contributed by atoms with Crippen LogP contribution in [0.4, 0.5) is 0 Å². The molecule has 3 aliphatic heterocycles. The van der Waals surface area contributed by atoms with Crippen LogP contribution < -0.4 is 5.32 Å². The highest BCUT2D eigenvalue weighted by molar-refractivity contribution is 5.95. The number of morpholine rings is 1. The number of phenols is 1. The molecule has 4 rings (SSSR count). The number of carbonyl (C=O) groups excluding carboxylic acids is 2. The van der Waals surface area contributed by atoms with E-state index in [-0.39, 0.29) is 23.6 Å². The lowest BCUT2D eigenvalue weighted by atomic mass is 9.90. The molecule has 3 aliphatic rings. The average molecular weight is 403 g/mol. The molecule has 2 N–H and O–H groups in total. The summed E-state index contributed by atoms with van der Waals surface area (Å²) in [4.78, 5) is 28.9. The van der Waals surface area contributed by atoms with E-state index in [0.717, 1.165) is 26.1 Å². The predicted molar refractivity (Wildman–Crippen MR) is 106 cm³/mol. The fraction of sp³-hybridized carbons (Fsp3) is 0.619. The minimum Gasteiger partial charge on any atom is -0.508 e. The number of nitrogens with one attached hydrogen (secondary N) is 1. The molecular weight excluding hydrogens is 374 g/mol. The van der Waals surface area contributed by atoms with E-state index in [4.69, 9.17) is 9.47 Å². The van der Waals surface area contributed by atoms with Gasteiger partial charge in [0.05, 0.1) is 19.7 Å². The van der Waals surface area contributed by atoms with E-state index in [1.54, 1.807) is 23.1 Å². The highest BCUT2D eigenvalue weighted by Crippen LogP contribution is 2.32. The molecule has 1 atom stereocenters. The standard InChI is InChI=1S/C21H29N3O5/c1-23-12-21(13-24(14-21)20(27)16-3-2-4-17(25)9-16)29-11-18(23)19(26)22-10-15-5-7-28-8-6-15/h2-4,9,15,18,25H,5-8,10-14H2,1H3,(H,22,26)/t18-/m1/s1. The molecule has 0 unspecified atom stereocenters. The number of nitrogens with zero attached hydrogens (tertiary/aromatic N) is 2. The van der Waals surface area contributed by atoms with Crippen LogP contribution in [-0.2, 0) is 14.3 Å². The molecule has 158 valence electrons. The maximum atomic E-state index is 12.6. The predicted octanol–water partition coefficient (Wildman–Crippen LogP) is 0.460. The number of amides is 2. The first kappa shape index (κ1) is 20.1. The molecular formula is C21H29N3O5. The second kappa shape index (κ2) is 8.30. The maximum Gasteiger partial charge on any atom is 0.254 e. The minimum absolute atomic E-state index is 0.000795. The molecule has 1 spiro atoms. The van der Waals surface area contributed by atoms with Crippen molar-refractivity contribution in [2.24, 2.45) is 5.92 Å². The molecule has 3 saturated heterocycles. The lowest BCUT2D eigenvalue weighted by Gasteiger charge is -2.54. The number of hydrogen-bond acceptors (Lipinski definition) is 6. The summed E-state index contributed by atoms with van der Waals surface area (Å²) in [6, 6.07) is 6.06. The van der Waals surface area contributed by atoms with E-state index in [9.17, 15) is 14.7 Å². The Labute approximate surface area is 170 Å². The van der Waals surface area contributed by atoms with Crippen molar-refractivity contribution in [1.82, 2.24) is 15.1 Å². The second-order valence-electron chi connectivity index (χ2n) is 8.44. The smallest absolute Gasteiger partial charge is 0.254 e. The van der Waals surface area contributed by atoms with Crippen LogP contribution in [0.15, 0.2) is 24.3 Å². The second-order valence-corrected chi connectivity index (χ2v) is 8.44. The summed E-state index contributed by atoms with van der Waals surface area (Å²) in [6.07, 6.45) is 1.98. The van der Waals surface area contributed by atoms with Crippen molar-refractivity contribution < 1.29 is 24.2 Å². The first-order valence-electron chi connectivity index (χ1n) is 10.2. The van der Waals surface area contributed by atoms with E-state index in [1.807, 2.05) is 11.9 Å². The number of hydrogen-bond donors (Lipinski definition) is 2. The van der Waals surface area contributed by atoms with Crippen LogP contribution in [0.25, 0.3) is 0 Å². The van der Waals surface area contributed by atoms with E-state index < -0.39 is 5.60 Å². The molecule has 0 saturated carbocycles. The summed E-state index contributed by atoms with van der Waals surface area (Å²) in [5.41, 5.74) is 0.0491. The fourth-order valence-electron chi connectivity index (χ4n) is 4.39. The Balaban J connectivity index is 1.26. The zero-order valence-electron chi connectivity index (χ0n) is 16.8. The normalized spacial score (nSPS) is 24.9. The minimum atomic E-state index is -0.418. The number of ether oxygens (including phenoxy) is 2. The van der Waals surface area contributed by atoms with Gasteiger partial charge in [-0.05, 0) is 44.0 Å². The average Bonchev–Trinajstić information content (AvgIpc) is 2.70. The van der Waals surface area contributed by atoms with Crippen LogP contribution >= 0.6 is 0 Å². The van der Waals surface area contributed by atoms with Crippen molar-refractivity contribution >= 4 is 11.8 Å². The van der Waals surface area contributed by atoms with Gasteiger partial charge < -0.3 is 24.8 Å². The van der Waals surface area contributed by atoms with Crippen LogP contribution in [0.3, 0.4) is 0 Å².